The number of aliphatic hydroxyl groups is 2. The highest BCUT2D eigenvalue weighted by Gasteiger charge is 2.09. The van der Waals surface area contributed by atoms with Gasteiger partial charge in [0.1, 0.15) is 0 Å². The third kappa shape index (κ3) is 3.62. The topological polar surface area (TPSA) is 65.4 Å². The Morgan fingerprint density at radius 2 is 1.87 bits per heavy atom. The first kappa shape index (κ1) is 15.7. The highest BCUT2D eigenvalue weighted by Crippen LogP contribution is 2.29. The smallest absolute Gasteiger partial charge is 0.0942 e. The van der Waals surface area contributed by atoms with E-state index < -0.39 is 6.10 Å². The molecule has 1 unspecified atom stereocenters. The number of pyridine rings is 1. The normalized spacial score (nSPS) is 12.3. The third-order valence-corrected chi connectivity index (χ3v) is 3.82. The largest absolute Gasteiger partial charge is 0.394 e. The fraction of sp³-hybridized carbons (Fsp3) is 0.167. The number of hydrogen-bond acceptors (Lipinski definition) is 4. The quantitative estimate of drug-likeness (QED) is 0.672. The molecule has 0 radical (unpaired) electrons. The zero-order chi connectivity index (χ0) is 16.2. The van der Waals surface area contributed by atoms with Gasteiger partial charge in [-0.05, 0) is 24.3 Å². The van der Waals surface area contributed by atoms with Crippen LogP contribution in [0.15, 0.2) is 54.6 Å². The molecule has 118 valence electrons. The van der Waals surface area contributed by atoms with Gasteiger partial charge in [0.15, 0.2) is 0 Å². The van der Waals surface area contributed by atoms with Crippen LogP contribution in [-0.2, 0) is 0 Å². The van der Waals surface area contributed by atoms with Crippen molar-refractivity contribution in [3.05, 3.63) is 59.6 Å². The summed E-state index contributed by atoms with van der Waals surface area (Å²) in [4.78, 5) is 4.68. The number of halogens is 1. The standard InChI is InChI=1S/C18H17ClN2O2/c19-13-6-7-15-17(20-10-14(23)11-22)9-16(21-18(15)8-13)12-4-2-1-3-5-12/h1-9,14,22-23H,10-11H2,(H,20,21). The van der Waals surface area contributed by atoms with Gasteiger partial charge < -0.3 is 15.5 Å². The first-order valence-corrected chi connectivity index (χ1v) is 7.73. The van der Waals surface area contributed by atoms with Crippen LogP contribution in [-0.4, -0.2) is 34.5 Å². The molecular weight excluding hydrogens is 312 g/mol. The van der Waals surface area contributed by atoms with Gasteiger partial charge in [0.25, 0.3) is 0 Å². The molecule has 1 aromatic heterocycles. The molecule has 0 saturated carbocycles. The second kappa shape index (κ2) is 6.96. The maximum absolute atomic E-state index is 9.57. The summed E-state index contributed by atoms with van der Waals surface area (Å²) < 4.78 is 0. The Bertz CT molecular complexity index is 809. The molecule has 0 bridgehead atoms. The van der Waals surface area contributed by atoms with Crippen LogP contribution in [0.4, 0.5) is 5.69 Å². The Morgan fingerprint density at radius 3 is 2.61 bits per heavy atom. The fourth-order valence-corrected chi connectivity index (χ4v) is 2.56. The maximum Gasteiger partial charge on any atom is 0.0942 e. The number of anilines is 1. The van der Waals surface area contributed by atoms with Crippen molar-refractivity contribution in [1.29, 1.82) is 0 Å². The number of nitrogens with one attached hydrogen (secondary N) is 1. The molecule has 0 fully saturated rings. The van der Waals surface area contributed by atoms with Crippen molar-refractivity contribution >= 4 is 28.2 Å². The molecule has 0 aliphatic heterocycles. The van der Waals surface area contributed by atoms with Gasteiger partial charge in [0.2, 0.25) is 0 Å². The van der Waals surface area contributed by atoms with Gasteiger partial charge in [-0.2, -0.15) is 0 Å². The third-order valence-electron chi connectivity index (χ3n) is 3.58. The van der Waals surface area contributed by atoms with E-state index >= 15 is 0 Å². The van der Waals surface area contributed by atoms with E-state index in [1.807, 2.05) is 48.5 Å². The van der Waals surface area contributed by atoms with Gasteiger partial charge in [-0.1, -0.05) is 41.9 Å². The fourth-order valence-electron chi connectivity index (χ4n) is 2.40. The number of hydrogen-bond donors (Lipinski definition) is 3. The van der Waals surface area contributed by atoms with E-state index in [1.54, 1.807) is 6.07 Å². The van der Waals surface area contributed by atoms with Crippen LogP contribution in [0.25, 0.3) is 22.2 Å². The van der Waals surface area contributed by atoms with Crippen molar-refractivity contribution in [1.82, 2.24) is 4.98 Å². The summed E-state index contributed by atoms with van der Waals surface area (Å²) in [5, 5.41) is 23.3. The summed E-state index contributed by atoms with van der Waals surface area (Å²) in [6.45, 7) is -0.0279. The minimum absolute atomic E-state index is 0.256. The lowest BCUT2D eigenvalue weighted by Crippen LogP contribution is -2.23. The van der Waals surface area contributed by atoms with Crippen LogP contribution in [0.3, 0.4) is 0 Å². The zero-order valence-corrected chi connectivity index (χ0v) is 13.2. The second-order valence-corrected chi connectivity index (χ2v) is 5.74. The van der Waals surface area contributed by atoms with Crippen molar-refractivity contribution in [3.63, 3.8) is 0 Å². The van der Waals surface area contributed by atoms with Gasteiger partial charge in [-0.15, -0.1) is 0 Å². The lowest BCUT2D eigenvalue weighted by atomic mass is 10.1. The number of aliphatic hydroxyl groups excluding tert-OH is 2. The van der Waals surface area contributed by atoms with Crippen molar-refractivity contribution in [2.45, 2.75) is 6.10 Å². The van der Waals surface area contributed by atoms with Crippen LogP contribution < -0.4 is 5.32 Å². The van der Waals surface area contributed by atoms with Gasteiger partial charge >= 0.3 is 0 Å². The molecule has 0 spiro atoms. The van der Waals surface area contributed by atoms with Crippen LogP contribution in [0, 0.1) is 0 Å². The minimum atomic E-state index is -0.814. The molecule has 23 heavy (non-hydrogen) atoms. The van der Waals surface area contributed by atoms with Crippen molar-refractivity contribution in [3.8, 4) is 11.3 Å². The van der Waals surface area contributed by atoms with E-state index in [-0.39, 0.29) is 13.2 Å². The summed E-state index contributed by atoms with van der Waals surface area (Å²) >= 11 is 6.09. The monoisotopic (exact) mass is 328 g/mol. The molecule has 0 aliphatic carbocycles. The molecule has 3 aromatic rings. The van der Waals surface area contributed by atoms with E-state index in [2.05, 4.69) is 10.3 Å². The first-order chi connectivity index (χ1) is 11.2. The summed E-state index contributed by atoms with van der Waals surface area (Å²) in [5.41, 5.74) is 3.44. The van der Waals surface area contributed by atoms with E-state index in [0.717, 1.165) is 27.8 Å². The molecule has 0 saturated heterocycles. The summed E-state index contributed by atoms with van der Waals surface area (Å²) in [5.74, 6) is 0. The van der Waals surface area contributed by atoms with E-state index in [1.165, 1.54) is 0 Å². The number of fused-ring (bicyclic) bond motifs is 1. The van der Waals surface area contributed by atoms with E-state index in [0.29, 0.717) is 5.02 Å². The van der Waals surface area contributed by atoms with Crippen LogP contribution in [0.1, 0.15) is 0 Å². The molecule has 5 heteroatoms. The predicted molar refractivity (Wildman–Crippen MR) is 93.8 cm³/mol. The Labute approximate surface area is 139 Å². The van der Waals surface area contributed by atoms with Crippen LogP contribution in [0.5, 0.6) is 0 Å². The summed E-state index contributed by atoms with van der Waals surface area (Å²) in [7, 11) is 0. The zero-order valence-electron chi connectivity index (χ0n) is 12.4. The number of aromatic nitrogens is 1. The van der Waals surface area contributed by atoms with Crippen molar-refractivity contribution in [2.75, 3.05) is 18.5 Å². The second-order valence-electron chi connectivity index (χ2n) is 5.30. The Balaban J connectivity index is 2.08. The molecule has 3 N–H and O–H groups in total. The average Bonchev–Trinajstić information content (AvgIpc) is 2.59. The number of rotatable bonds is 5. The molecule has 3 rings (SSSR count). The van der Waals surface area contributed by atoms with Crippen molar-refractivity contribution < 1.29 is 10.2 Å². The van der Waals surface area contributed by atoms with Gasteiger partial charge in [0.05, 0.1) is 23.9 Å². The summed E-state index contributed by atoms with van der Waals surface area (Å²) in [6.07, 6.45) is -0.814. The lowest BCUT2D eigenvalue weighted by molar-refractivity contribution is 0.105. The Hall–Kier alpha value is -2.14. The number of benzene rings is 2. The molecule has 1 heterocycles. The molecule has 0 amide bonds. The van der Waals surface area contributed by atoms with E-state index in [4.69, 9.17) is 16.7 Å². The minimum Gasteiger partial charge on any atom is -0.394 e. The molecule has 2 aromatic carbocycles. The Kier molecular flexibility index (Phi) is 4.76. The highest BCUT2D eigenvalue weighted by atomic mass is 35.5. The van der Waals surface area contributed by atoms with Gasteiger partial charge in [-0.3, -0.25) is 0 Å². The van der Waals surface area contributed by atoms with Gasteiger partial charge in [0, 0.05) is 28.2 Å². The molecular formula is C18H17ClN2O2. The highest BCUT2D eigenvalue weighted by molar-refractivity contribution is 6.31. The lowest BCUT2D eigenvalue weighted by Gasteiger charge is -2.14. The Morgan fingerprint density at radius 1 is 1.09 bits per heavy atom. The van der Waals surface area contributed by atoms with E-state index in [9.17, 15) is 5.11 Å². The predicted octanol–water partition coefficient (Wildman–Crippen LogP) is 3.32. The molecule has 0 aliphatic rings. The summed E-state index contributed by atoms with van der Waals surface area (Å²) in [6, 6.07) is 17.3. The number of nitrogens with zero attached hydrogens (tertiary/aromatic N) is 1. The molecule has 4 nitrogen and oxygen atoms in total. The molecule has 1 atom stereocenters. The van der Waals surface area contributed by atoms with Crippen LogP contribution >= 0.6 is 11.6 Å². The SMILES string of the molecule is OCC(O)CNc1cc(-c2ccccc2)nc2cc(Cl)ccc12. The maximum atomic E-state index is 9.57. The first-order valence-electron chi connectivity index (χ1n) is 7.36. The van der Waals surface area contributed by atoms with Crippen molar-refractivity contribution in [2.24, 2.45) is 0 Å². The van der Waals surface area contributed by atoms with Gasteiger partial charge in [-0.25, -0.2) is 4.98 Å². The average molecular weight is 329 g/mol. The van der Waals surface area contributed by atoms with Crippen LogP contribution in [0.2, 0.25) is 5.02 Å².